The van der Waals surface area contributed by atoms with Crippen LogP contribution in [0.15, 0.2) is 30.7 Å². The number of nitrogens with two attached hydrogens (primary N) is 1. The molecule has 2 N–H and O–H groups in total. The number of anilines is 2. The zero-order valence-corrected chi connectivity index (χ0v) is 11.3. The molecular weight excluding hydrogens is 327 g/mol. The van der Waals surface area contributed by atoms with Gasteiger partial charge < -0.3 is 10.6 Å². The highest BCUT2D eigenvalue weighted by Gasteiger charge is 2.21. The third-order valence-corrected chi connectivity index (χ3v) is 3.66. The van der Waals surface area contributed by atoms with E-state index in [9.17, 15) is 0 Å². The van der Waals surface area contributed by atoms with E-state index in [0.717, 1.165) is 28.2 Å². The van der Waals surface area contributed by atoms with Crippen molar-refractivity contribution in [3.8, 4) is 0 Å². The van der Waals surface area contributed by atoms with Crippen LogP contribution < -0.4 is 10.6 Å². The maximum Gasteiger partial charge on any atom is 0.146 e. The minimum Gasteiger partial charge on any atom is -0.399 e. The summed E-state index contributed by atoms with van der Waals surface area (Å²) in [5.74, 6) is 0.996. The van der Waals surface area contributed by atoms with E-state index >= 15 is 0 Å². The lowest BCUT2D eigenvalue weighted by molar-refractivity contribution is 0.846. The smallest absolute Gasteiger partial charge is 0.146 e. The van der Waals surface area contributed by atoms with Gasteiger partial charge in [0.1, 0.15) is 12.1 Å². The Bertz CT molecular complexity index is 570. The summed E-state index contributed by atoms with van der Waals surface area (Å²) in [5, 5.41) is 0. The normalized spacial score (nSPS) is 13.8. The first kappa shape index (κ1) is 10.8. The molecule has 1 aromatic carbocycles. The van der Waals surface area contributed by atoms with Crippen LogP contribution in [-0.4, -0.2) is 9.97 Å². The van der Waals surface area contributed by atoms with Gasteiger partial charge in [-0.15, -0.1) is 0 Å². The Morgan fingerprint density at radius 1 is 1.24 bits per heavy atom. The summed E-state index contributed by atoms with van der Waals surface area (Å²) in [6.07, 6.45) is 3.43. The van der Waals surface area contributed by atoms with Crippen molar-refractivity contribution >= 4 is 34.1 Å². The standard InChI is InChI=1S/C12H11IN4/c13-11-4-15-7-16-12(11)17-5-8-1-2-10(14)3-9(8)6-17/h1-4,7H,5-6,14H2. The Kier molecular flexibility index (Phi) is 2.62. The van der Waals surface area contributed by atoms with Crippen molar-refractivity contribution in [1.29, 1.82) is 0 Å². The lowest BCUT2D eigenvalue weighted by atomic mass is 10.1. The molecule has 0 fully saturated rings. The Hall–Kier alpha value is -1.37. The van der Waals surface area contributed by atoms with Crippen LogP contribution in [0.5, 0.6) is 0 Å². The summed E-state index contributed by atoms with van der Waals surface area (Å²) in [5.41, 5.74) is 9.24. The molecule has 2 heterocycles. The summed E-state index contributed by atoms with van der Waals surface area (Å²) >= 11 is 2.26. The summed E-state index contributed by atoms with van der Waals surface area (Å²) in [7, 11) is 0. The summed E-state index contributed by atoms with van der Waals surface area (Å²) < 4.78 is 1.07. The molecule has 0 spiro atoms. The van der Waals surface area contributed by atoms with Crippen LogP contribution in [0.3, 0.4) is 0 Å². The van der Waals surface area contributed by atoms with Crippen molar-refractivity contribution in [2.75, 3.05) is 10.6 Å². The summed E-state index contributed by atoms with van der Waals surface area (Å²) in [4.78, 5) is 10.6. The average molecular weight is 338 g/mol. The second kappa shape index (κ2) is 4.14. The molecule has 4 nitrogen and oxygen atoms in total. The highest BCUT2D eigenvalue weighted by Crippen LogP contribution is 2.30. The molecule has 1 aliphatic heterocycles. The molecule has 1 aliphatic rings. The third-order valence-electron chi connectivity index (χ3n) is 2.90. The molecule has 0 saturated carbocycles. The van der Waals surface area contributed by atoms with Gasteiger partial charge in [-0.2, -0.15) is 0 Å². The van der Waals surface area contributed by atoms with Crippen molar-refractivity contribution in [2.24, 2.45) is 0 Å². The second-order valence-corrected chi connectivity index (χ2v) is 5.24. The van der Waals surface area contributed by atoms with Gasteiger partial charge in [0.15, 0.2) is 0 Å². The van der Waals surface area contributed by atoms with Gasteiger partial charge in [-0.25, -0.2) is 9.97 Å². The maximum atomic E-state index is 5.80. The van der Waals surface area contributed by atoms with E-state index in [1.54, 1.807) is 6.33 Å². The largest absolute Gasteiger partial charge is 0.399 e. The molecule has 1 aromatic heterocycles. The lowest BCUT2D eigenvalue weighted by Gasteiger charge is -2.17. The van der Waals surface area contributed by atoms with Crippen molar-refractivity contribution in [1.82, 2.24) is 9.97 Å². The molecule has 0 atom stereocenters. The van der Waals surface area contributed by atoms with E-state index < -0.39 is 0 Å². The molecule has 3 rings (SSSR count). The van der Waals surface area contributed by atoms with Gasteiger partial charge in [0.2, 0.25) is 0 Å². The minimum absolute atomic E-state index is 0.822. The minimum atomic E-state index is 0.822. The van der Waals surface area contributed by atoms with Crippen LogP contribution in [0.1, 0.15) is 11.1 Å². The second-order valence-electron chi connectivity index (χ2n) is 4.08. The van der Waals surface area contributed by atoms with Gasteiger partial charge >= 0.3 is 0 Å². The number of hydrogen-bond donors (Lipinski definition) is 1. The van der Waals surface area contributed by atoms with E-state index in [0.29, 0.717) is 0 Å². The topological polar surface area (TPSA) is 55.0 Å². The maximum absolute atomic E-state index is 5.80. The zero-order chi connectivity index (χ0) is 11.8. The van der Waals surface area contributed by atoms with Gasteiger partial charge in [-0.1, -0.05) is 6.07 Å². The predicted molar refractivity (Wildman–Crippen MR) is 75.5 cm³/mol. The third kappa shape index (κ3) is 1.95. The van der Waals surface area contributed by atoms with Crippen molar-refractivity contribution in [3.63, 3.8) is 0 Å². The molecule has 0 amide bonds. The number of halogens is 1. The Morgan fingerprint density at radius 2 is 2.06 bits per heavy atom. The first-order chi connectivity index (χ1) is 8.24. The fourth-order valence-corrected chi connectivity index (χ4v) is 2.74. The number of nitrogens with zero attached hydrogens (tertiary/aromatic N) is 3. The van der Waals surface area contributed by atoms with Crippen molar-refractivity contribution in [3.05, 3.63) is 45.4 Å². The van der Waals surface area contributed by atoms with E-state index in [1.807, 2.05) is 18.3 Å². The Morgan fingerprint density at radius 3 is 2.88 bits per heavy atom. The van der Waals surface area contributed by atoms with Gasteiger partial charge in [0.05, 0.1) is 3.57 Å². The summed E-state index contributed by atoms with van der Waals surface area (Å²) in [6, 6.07) is 6.09. The molecule has 86 valence electrons. The quantitative estimate of drug-likeness (QED) is 0.640. The fourth-order valence-electron chi connectivity index (χ4n) is 2.10. The fraction of sp³-hybridized carbons (Fsp3) is 0.167. The van der Waals surface area contributed by atoms with Crippen LogP contribution >= 0.6 is 22.6 Å². The molecule has 0 radical (unpaired) electrons. The molecule has 0 bridgehead atoms. The van der Waals surface area contributed by atoms with Gasteiger partial charge in [-0.3, -0.25) is 0 Å². The first-order valence-electron chi connectivity index (χ1n) is 5.32. The van der Waals surface area contributed by atoms with Crippen LogP contribution in [0.25, 0.3) is 0 Å². The summed E-state index contributed by atoms with van der Waals surface area (Å²) in [6.45, 7) is 1.76. The number of fused-ring (bicyclic) bond motifs is 1. The van der Waals surface area contributed by atoms with Gasteiger partial charge in [0.25, 0.3) is 0 Å². The predicted octanol–water partition coefficient (Wildman–Crippen LogP) is 2.18. The van der Waals surface area contributed by atoms with E-state index in [4.69, 9.17) is 5.73 Å². The Labute approximate surface area is 113 Å². The van der Waals surface area contributed by atoms with E-state index in [1.165, 1.54) is 11.1 Å². The van der Waals surface area contributed by atoms with Crippen LogP contribution in [0.4, 0.5) is 11.5 Å². The SMILES string of the molecule is Nc1ccc2c(c1)CN(c1ncncc1I)C2. The van der Waals surface area contributed by atoms with Crippen LogP contribution in [0.2, 0.25) is 0 Å². The molecule has 0 unspecified atom stereocenters. The molecule has 0 aliphatic carbocycles. The number of rotatable bonds is 1. The first-order valence-corrected chi connectivity index (χ1v) is 6.39. The Balaban J connectivity index is 1.94. The molecule has 17 heavy (non-hydrogen) atoms. The molecule has 0 saturated heterocycles. The molecule has 5 heteroatoms. The van der Waals surface area contributed by atoms with E-state index in [-0.39, 0.29) is 0 Å². The van der Waals surface area contributed by atoms with E-state index in [2.05, 4.69) is 43.5 Å². The van der Waals surface area contributed by atoms with Crippen LogP contribution in [-0.2, 0) is 13.1 Å². The highest BCUT2D eigenvalue weighted by atomic mass is 127. The molecular formula is C12H11IN4. The van der Waals surface area contributed by atoms with Crippen LogP contribution in [0, 0.1) is 3.57 Å². The number of nitrogen functional groups attached to an aromatic ring is 1. The number of hydrogen-bond acceptors (Lipinski definition) is 4. The van der Waals surface area contributed by atoms with Crippen molar-refractivity contribution in [2.45, 2.75) is 13.1 Å². The lowest BCUT2D eigenvalue weighted by Crippen LogP contribution is -2.17. The van der Waals surface area contributed by atoms with Gasteiger partial charge in [-0.05, 0) is 45.9 Å². The van der Waals surface area contributed by atoms with Crippen molar-refractivity contribution < 1.29 is 0 Å². The average Bonchev–Trinajstić information content (AvgIpc) is 2.72. The zero-order valence-electron chi connectivity index (χ0n) is 9.10. The highest BCUT2D eigenvalue weighted by molar-refractivity contribution is 14.1. The number of aromatic nitrogens is 2. The van der Waals surface area contributed by atoms with Gasteiger partial charge in [0, 0.05) is 25.0 Å². The molecule has 2 aromatic rings. The number of benzene rings is 1. The monoisotopic (exact) mass is 338 g/mol.